The Kier molecular flexibility index (Phi) is 8.71. The first-order valence-electron chi connectivity index (χ1n) is 13.8. The molecule has 6 heteroatoms. The van der Waals surface area contributed by atoms with Crippen molar-refractivity contribution in [3.8, 4) is 0 Å². The number of likely N-dealkylation sites (tertiary alicyclic amines) is 2. The first-order valence-corrected chi connectivity index (χ1v) is 13.8. The van der Waals surface area contributed by atoms with Crippen LogP contribution in [0.4, 0.5) is 0 Å². The van der Waals surface area contributed by atoms with Crippen LogP contribution in [0.2, 0.25) is 0 Å². The maximum absolute atomic E-state index is 14.1. The molecular weight excluding hydrogens is 460 g/mol. The molecule has 2 aromatic rings. The molecule has 2 aromatic carbocycles. The van der Waals surface area contributed by atoms with Gasteiger partial charge in [-0.15, -0.1) is 0 Å². The molecule has 5 unspecified atom stereocenters. The van der Waals surface area contributed by atoms with Crippen LogP contribution in [0.25, 0.3) is 0 Å². The summed E-state index contributed by atoms with van der Waals surface area (Å²) in [7, 11) is 0. The van der Waals surface area contributed by atoms with Crippen molar-refractivity contribution in [1.82, 2.24) is 15.1 Å². The van der Waals surface area contributed by atoms with Gasteiger partial charge in [-0.25, -0.2) is 0 Å². The van der Waals surface area contributed by atoms with Gasteiger partial charge in [0, 0.05) is 31.6 Å². The molecule has 2 amide bonds. The minimum Gasteiger partial charge on any atom is -0.343 e. The van der Waals surface area contributed by atoms with E-state index in [-0.39, 0.29) is 23.3 Å². The van der Waals surface area contributed by atoms with E-state index in [4.69, 9.17) is 5.73 Å². The molecular formula is C31H44N4O2. The molecule has 4 rings (SSSR count). The summed E-state index contributed by atoms with van der Waals surface area (Å²) < 4.78 is 0. The zero-order valence-corrected chi connectivity index (χ0v) is 22.9. The van der Waals surface area contributed by atoms with Crippen LogP contribution in [0.5, 0.6) is 0 Å². The summed E-state index contributed by atoms with van der Waals surface area (Å²) in [5, 5.41) is 2.98. The van der Waals surface area contributed by atoms with Gasteiger partial charge in [0.05, 0.1) is 6.04 Å². The fourth-order valence-corrected chi connectivity index (χ4v) is 5.94. The third-order valence-electron chi connectivity index (χ3n) is 7.83. The summed E-state index contributed by atoms with van der Waals surface area (Å²) in [5.74, 6) is 0.576. The van der Waals surface area contributed by atoms with Crippen molar-refractivity contribution in [2.75, 3.05) is 26.2 Å². The number of hydrogen-bond acceptors (Lipinski definition) is 4. The van der Waals surface area contributed by atoms with Gasteiger partial charge in [0.2, 0.25) is 11.8 Å². The van der Waals surface area contributed by atoms with Crippen LogP contribution < -0.4 is 11.1 Å². The molecule has 2 aliphatic rings. The highest BCUT2D eigenvalue weighted by Crippen LogP contribution is 2.35. The van der Waals surface area contributed by atoms with E-state index in [1.807, 2.05) is 6.07 Å². The molecule has 0 bridgehead atoms. The van der Waals surface area contributed by atoms with Crippen LogP contribution in [0, 0.1) is 5.41 Å². The van der Waals surface area contributed by atoms with E-state index < -0.39 is 12.1 Å². The molecule has 37 heavy (non-hydrogen) atoms. The van der Waals surface area contributed by atoms with Crippen molar-refractivity contribution in [3.63, 3.8) is 0 Å². The largest absolute Gasteiger partial charge is 0.343 e. The molecule has 2 fully saturated rings. The van der Waals surface area contributed by atoms with Gasteiger partial charge in [0.25, 0.3) is 0 Å². The smallest absolute Gasteiger partial charge is 0.245 e. The van der Waals surface area contributed by atoms with Crippen molar-refractivity contribution < 1.29 is 9.59 Å². The first-order chi connectivity index (χ1) is 17.6. The van der Waals surface area contributed by atoms with Crippen molar-refractivity contribution in [2.24, 2.45) is 11.1 Å². The molecule has 3 N–H and O–H groups in total. The number of rotatable bonds is 8. The number of carbonyl (C=O) groups is 2. The number of nitrogens with one attached hydrogen (secondary N) is 1. The average molecular weight is 505 g/mol. The van der Waals surface area contributed by atoms with E-state index in [2.05, 4.69) is 90.5 Å². The highest BCUT2D eigenvalue weighted by atomic mass is 16.2. The van der Waals surface area contributed by atoms with Crippen molar-refractivity contribution in [3.05, 3.63) is 71.8 Å². The van der Waals surface area contributed by atoms with Gasteiger partial charge < -0.3 is 20.9 Å². The summed E-state index contributed by atoms with van der Waals surface area (Å²) in [6.45, 7) is 11.6. The number of nitrogens with zero attached hydrogens (tertiary/aromatic N) is 2. The van der Waals surface area contributed by atoms with Crippen LogP contribution in [-0.2, 0) is 9.59 Å². The van der Waals surface area contributed by atoms with Gasteiger partial charge in [0.1, 0.15) is 6.04 Å². The maximum Gasteiger partial charge on any atom is 0.245 e. The Morgan fingerprint density at radius 2 is 1.57 bits per heavy atom. The minimum atomic E-state index is -0.652. The Morgan fingerprint density at radius 1 is 0.973 bits per heavy atom. The average Bonchev–Trinajstić information content (AvgIpc) is 3.51. The van der Waals surface area contributed by atoms with Crippen molar-refractivity contribution in [2.45, 2.75) is 76.9 Å². The first kappa shape index (κ1) is 27.3. The topological polar surface area (TPSA) is 78.7 Å². The normalized spacial score (nSPS) is 24.1. The minimum absolute atomic E-state index is 0.0196. The quantitative estimate of drug-likeness (QED) is 0.567. The monoisotopic (exact) mass is 504 g/mol. The molecule has 2 aliphatic heterocycles. The third-order valence-corrected chi connectivity index (χ3v) is 7.83. The van der Waals surface area contributed by atoms with Crippen LogP contribution in [-0.4, -0.2) is 65.9 Å². The maximum atomic E-state index is 14.1. The Bertz CT molecular complexity index is 1030. The molecule has 0 radical (unpaired) electrons. The fourth-order valence-electron chi connectivity index (χ4n) is 5.94. The molecule has 2 saturated heterocycles. The fraction of sp³-hybridized carbons (Fsp3) is 0.548. The number of nitrogens with two attached hydrogens (primary N) is 1. The SMILES string of the molecule is CC(N)C(=O)NC(CC(C)(C)C)C(=O)N1CC(c2ccccc2)CC1CN1CCC(c2ccccc2)C1. The van der Waals surface area contributed by atoms with Crippen LogP contribution in [0.3, 0.4) is 0 Å². The molecule has 0 saturated carbocycles. The van der Waals surface area contributed by atoms with Gasteiger partial charge >= 0.3 is 0 Å². The highest BCUT2D eigenvalue weighted by molar-refractivity contribution is 5.90. The second-order valence-corrected chi connectivity index (χ2v) is 12.3. The van der Waals surface area contributed by atoms with Gasteiger partial charge in [-0.05, 0) is 55.2 Å². The van der Waals surface area contributed by atoms with Gasteiger partial charge in [-0.1, -0.05) is 81.4 Å². The molecule has 0 aliphatic carbocycles. The van der Waals surface area contributed by atoms with Crippen LogP contribution in [0.15, 0.2) is 60.7 Å². The zero-order valence-electron chi connectivity index (χ0n) is 22.9. The van der Waals surface area contributed by atoms with Gasteiger partial charge in [-0.3, -0.25) is 9.59 Å². The van der Waals surface area contributed by atoms with Crippen molar-refractivity contribution >= 4 is 11.8 Å². The van der Waals surface area contributed by atoms with Crippen LogP contribution >= 0.6 is 0 Å². The van der Waals surface area contributed by atoms with Crippen molar-refractivity contribution in [1.29, 1.82) is 0 Å². The summed E-state index contributed by atoms with van der Waals surface area (Å²) >= 11 is 0. The summed E-state index contributed by atoms with van der Waals surface area (Å²) in [6.07, 6.45) is 2.65. The molecule has 2 heterocycles. The number of benzene rings is 2. The molecule has 0 spiro atoms. The lowest BCUT2D eigenvalue weighted by molar-refractivity contribution is -0.138. The predicted octanol–water partition coefficient (Wildman–Crippen LogP) is 4.13. The van der Waals surface area contributed by atoms with E-state index in [1.54, 1.807) is 6.92 Å². The van der Waals surface area contributed by atoms with Gasteiger partial charge in [-0.2, -0.15) is 0 Å². The van der Waals surface area contributed by atoms with E-state index in [0.717, 1.165) is 32.5 Å². The number of hydrogen-bond donors (Lipinski definition) is 2. The zero-order chi connectivity index (χ0) is 26.6. The molecule has 0 aromatic heterocycles. The second kappa shape index (κ2) is 11.8. The lowest BCUT2D eigenvalue weighted by Crippen LogP contribution is -2.55. The summed E-state index contributed by atoms with van der Waals surface area (Å²) in [5.41, 5.74) is 8.41. The number of amides is 2. The molecule has 6 nitrogen and oxygen atoms in total. The van der Waals surface area contributed by atoms with Gasteiger partial charge in [0.15, 0.2) is 0 Å². The standard InChI is InChI=1S/C31H44N4O2/c1-22(32)29(36)33-28(18-31(2,3)4)30(37)35-20-26(24-13-9-6-10-14-24)17-27(35)21-34-16-15-25(19-34)23-11-7-5-8-12-23/h5-14,22,25-28H,15-21,32H2,1-4H3,(H,33,36). The van der Waals surface area contributed by atoms with E-state index in [0.29, 0.717) is 24.8 Å². The Labute approximate surface area is 222 Å². The molecule has 5 atom stereocenters. The Balaban J connectivity index is 1.53. The van der Waals surface area contributed by atoms with E-state index in [9.17, 15) is 9.59 Å². The second-order valence-electron chi connectivity index (χ2n) is 12.3. The molecule has 200 valence electrons. The van der Waals surface area contributed by atoms with Crippen LogP contribution in [0.1, 0.15) is 69.9 Å². The third kappa shape index (κ3) is 7.20. The number of carbonyl (C=O) groups excluding carboxylic acids is 2. The Morgan fingerprint density at radius 3 is 2.14 bits per heavy atom. The Hall–Kier alpha value is -2.70. The highest BCUT2D eigenvalue weighted by Gasteiger charge is 2.41. The van der Waals surface area contributed by atoms with E-state index in [1.165, 1.54) is 11.1 Å². The lowest BCUT2D eigenvalue weighted by atomic mass is 9.87. The summed E-state index contributed by atoms with van der Waals surface area (Å²) in [4.78, 5) is 31.2. The lowest BCUT2D eigenvalue weighted by Gasteiger charge is -2.34. The predicted molar refractivity (Wildman–Crippen MR) is 149 cm³/mol. The van der Waals surface area contributed by atoms with E-state index >= 15 is 0 Å². The summed E-state index contributed by atoms with van der Waals surface area (Å²) in [6, 6.07) is 20.2.